The van der Waals surface area contributed by atoms with Gasteiger partial charge in [0.05, 0.1) is 10.9 Å². The van der Waals surface area contributed by atoms with E-state index in [-0.39, 0.29) is 6.04 Å². The molecule has 0 radical (unpaired) electrons. The summed E-state index contributed by atoms with van der Waals surface area (Å²) < 4.78 is 28.7. The fourth-order valence-electron chi connectivity index (χ4n) is 2.88. The van der Waals surface area contributed by atoms with Gasteiger partial charge in [0.2, 0.25) is 10.0 Å². The SMILES string of the molecule is O=S(=O)(c1ccc(Br)cc1)N1CCCCC[C@H]1c1cccs1. The Hall–Kier alpha value is -0.690. The van der Waals surface area contributed by atoms with E-state index in [9.17, 15) is 8.42 Å². The van der Waals surface area contributed by atoms with Gasteiger partial charge in [-0.1, -0.05) is 34.8 Å². The van der Waals surface area contributed by atoms with Crippen LogP contribution in [-0.4, -0.2) is 19.3 Å². The average molecular weight is 400 g/mol. The van der Waals surface area contributed by atoms with E-state index in [1.54, 1.807) is 39.9 Å². The summed E-state index contributed by atoms with van der Waals surface area (Å²) in [7, 11) is -3.46. The highest BCUT2D eigenvalue weighted by Crippen LogP contribution is 2.36. The van der Waals surface area contributed by atoms with E-state index in [0.29, 0.717) is 11.4 Å². The average Bonchev–Trinajstić information content (AvgIpc) is 2.91. The number of benzene rings is 1. The second-order valence-corrected chi connectivity index (χ2v) is 9.24. The summed E-state index contributed by atoms with van der Waals surface area (Å²) in [4.78, 5) is 1.52. The minimum atomic E-state index is -3.46. The zero-order chi connectivity index (χ0) is 15.6. The Morgan fingerprint density at radius 2 is 1.86 bits per heavy atom. The molecule has 2 heterocycles. The molecule has 0 amide bonds. The van der Waals surface area contributed by atoms with Crippen LogP contribution in [-0.2, 0) is 10.0 Å². The molecule has 1 aliphatic heterocycles. The third-order valence-electron chi connectivity index (χ3n) is 4.00. The van der Waals surface area contributed by atoms with Gasteiger partial charge in [0.15, 0.2) is 0 Å². The normalized spacial score (nSPS) is 20.7. The van der Waals surface area contributed by atoms with Crippen molar-refractivity contribution >= 4 is 37.3 Å². The van der Waals surface area contributed by atoms with Crippen molar-refractivity contribution in [1.82, 2.24) is 4.31 Å². The van der Waals surface area contributed by atoms with Crippen molar-refractivity contribution in [2.45, 2.75) is 36.6 Å². The molecule has 3 nitrogen and oxygen atoms in total. The minimum Gasteiger partial charge on any atom is -0.207 e. The topological polar surface area (TPSA) is 37.4 Å². The van der Waals surface area contributed by atoms with Crippen molar-refractivity contribution in [2.24, 2.45) is 0 Å². The van der Waals surface area contributed by atoms with Crippen molar-refractivity contribution in [3.63, 3.8) is 0 Å². The molecule has 3 rings (SSSR count). The Morgan fingerprint density at radius 1 is 1.09 bits per heavy atom. The lowest BCUT2D eigenvalue weighted by atomic mass is 10.1. The third-order valence-corrected chi connectivity index (χ3v) is 7.42. The molecular weight excluding hydrogens is 382 g/mol. The predicted octanol–water partition coefficient (Wildman–Crippen LogP) is 4.82. The quantitative estimate of drug-likeness (QED) is 0.741. The zero-order valence-corrected chi connectivity index (χ0v) is 15.3. The second kappa shape index (κ2) is 6.83. The standard InChI is InChI=1S/C16H18BrNO2S2/c17-13-7-9-14(10-8-13)22(19,20)18-11-3-1-2-5-15(18)16-6-4-12-21-16/h4,6-10,12,15H,1-3,5,11H2/t15-/m0/s1. The molecule has 1 fully saturated rings. The number of rotatable bonds is 3. The van der Waals surface area contributed by atoms with E-state index >= 15 is 0 Å². The number of halogens is 1. The van der Waals surface area contributed by atoms with Gasteiger partial charge in [0.1, 0.15) is 0 Å². The lowest BCUT2D eigenvalue weighted by Gasteiger charge is -2.28. The summed E-state index contributed by atoms with van der Waals surface area (Å²) in [5.74, 6) is 0. The van der Waals surface area contributed by atoms with Crippen LogP contribution in [0, 0.1) is 0 Å². The van der Waals surface area contributed by atoms with Gasteiger partial charge in [-0.3, -0.25) is 0 Å². The van der Waals surface area contributed by atoms with Crippen molar-refractivity contribution in [3.05, 3.63) is 51.1 Å². The highest BCUT2D eigenvalue weighted by atomic mass is 79.9. The molecule has 6 heteroatoms. The third kappa shape index (κ3) is 3.30. The summed E-state index contributed by atoms with van der Waals surface area (Å²) >= 11 is 5.00. The summed E-state index contributed by atoms with van der Waals surface area (Å²) in [6.45, 7) is 0.598. The van der Waals surface area contributed by atoms with E-state index in [4.69, 9.17) is 0 Å². The number of nitrogens with zero attached hydrogens (tertiary/aromatic N) is 1. The Balaban J connectivity index is 1.99. The van der Waals surface area contributed by atoms with Gasteiger partial charge in [-0.25, -0.2) is 8.42 Å². The molecule has 118 valence electrons. The summed E-state index contributed by atoms with van der Waals surface area (Å²) in [6.07, 6.45) is 4.00. The molecular formula is C16H18BrNO2S2. The number of hydrogen-bond donors (Lipinski definition) is 0. The number of sulfonamides is 1. The molecule has 22 heavy (non-hydrogen) atoms. The first-order valence-electron chi connectivity index (χ1n) is 7.40. The lowest BCUT2D eigenvalue weighted by Crippen LogP contribution is -2.34. The first-order valence-corrected chi connectivity index (χ1v) is 10.5. The van der Waals surface area contributed by atoms with Crippen LogP contribution in [0.15, 0.2) is 51.1 Å². The van der Waals surface area contributed by atoms with Gasteiger partial charge < -0.3 is 0 Å². The molecule has 0 aliphatic carbocycles. The van der Waals surface area contributed by atoms with Gasteiger partial charge in [0, 0.05) is 15.9 Å². The maximum absolute atomic E-state index is 13.1. The second-order valence-electron chi connectivity index (χ2n) is 5.45. The van der Waals surface area contributed by atoms with Crippen molar-refractivity contribution < 1.29 is 8.42 Å². The first kappa shape index (κ1) is 16.2. The van der Waals surface area contributed by atoms with Crippen LogP contribution in [0.5, 0.6) is 0 Å². The van der Waals surface area contributed by atoms with Crippen LogP contribution in [0.2, 0.25) is 0 Å². The van der Waals surface area contributed by atoms with E-state index in [0.717, 1.165) is 35.0 Å². The van der Waals surface area contributed by atoms with Gasteiger partial charge in [-0.05, 0) is 48.6 Å². The van der Waals surface area contributed by atoms with Crippen molar-refractivity contribution in [2.75, 3.05) is 6.54 Å². The molecule has 1 aromatic carbocycles. The number of thiophene rings is 1. The molecule has 1 aliphatic rings. The molecule has 0 N–H and O–H groups in total. The fourth-order valence-corrected chi connectivity index (χ4v) is 5.76. The Morgan fingerprint density at radius 3 is 2.55 bits per heavy atom. The minimum absolute atomic E-state index is 0.0313. The molecule has 1 aromatic heterocycles. The number of hydrogen-bond acceptors (Lipinski definition) is 3. The Labute approximate surface area is 144 Å². The zero-order valence-electron chi connectivity index (χ0n) is 12.1. The maximum atomic E-state index is 13.1. The monoisotopic (exact) mass is 399 g/mol. The molecule has 2 aromatic rings. The lowest BCUT2D eigenvalue weighted by molar-refractivity contribution is 0.333. The van der Waals surface area contributed by atoms with Gasteiger partial charge >= 0.3 is 0 Å². The molecule has 0 spiro atoms. The summed E-state index contributed by atoms with van der Waals surface area (Å²) in [6, 6.07) is 10.9. The highest BCUT2D eigenvalue weighted by molar-refractivity contribution is 9.10. The van der Waals surface area contributed by atoms with Gasteiger partial charge in [0.25, 0.3) is 0 Å². The van der Waals surface area contributed by atoms with E-state index < -0.39 is 10.0 Å². The summed E-state index contributed by atoms with van der Waals surface area (Å²) in [5.41, 5.74) is 0. The molecule has 0 bridgehead atoms. The van der Waals surface area contributed by atoms with Crippen LogP contribution in [0.3, 0.4) is 0 Å². The molecule has 1 atom stereocenters. The Bertz CT molecular complexity index is 711. The smallest absolute Gasteiger partial charge is 0.207 e. The van der Waals surface area contributed by atoms with E-state index in [1.807, 2.05) is 17.5 Å². The highest BCUT2D eigenvalue weighted by Gasteiger charge is 2.33. The van der Waals surface area contributed by atoms with Crippen LogP contribution in [0.4, 0.5) is 0 Å². The van der Waals surface area contributed by atoms with Crippen LogP contribution in [0.25, 0.3) is 0 Å². The largest absolute Gasteiger partial charge is 0.243 e. The molecule has 0 unspecified atom stereocenters. The first-order chi connectivity index (χ1) is 10.6. The van der Waals surface area contributed by atoms with Crippen molar-refractivity contribution in [3.8, 4) is 0 Å². The van der Waals surface area contributed by atoms with Gasteiger partial charge in [-0.2, -0.15) is 4.31 Å². The molecule has 0 saturated carbocycles. The van der Waals surface area contributed by atoms with E-state index in [2.05, 4.69) is 15.9 Å². The van der Waals surface area contributed by atoms with Crippen LogP contribution >= 0.6 is 27.3 Å². The van der Waals surface area contributed by atoms with Crippen molar-refractivity contribution in [1.29, 1.82) is 0 Å². The van der Waals surface area contributed by atoms with Crippen LogP contribution in [0.1, 0.15) is 36.6 Å². The van der Waals surface area contributed by atoms with Crippen LogP contribution < -0.4 is 0 Å². The maximum Gasteiger partial charge on any atom is 0.243 e. The Kier molecular flexibility index (Phi) is 5.02. The predicted molar refractivity (Wildman–Crippen MR) is 93.6 cm³/mol. The van der Waals surface area contributed by atoms with Gasteiger partial charge in [-0.15, -0.1) is 11.3 Å². The van der Waals surface area contributed by atoms with E-state index in [1.165, 1.54) is 0 Å². The summed E-state index contributed by atoms with van der Waals surface area (Å²) in [5, 5.41) is 2.02. The fraction of sp³-hybridized carbons (Fsp3) is 0.375. The molecule has 1 saturated heterocycles.